The summed E-state index contributed by atoms with van der Waals surface area (Å²) < 4.78 is 3.10. The monoisotopic (exact) mass is 342 g/mol. The van der Waals surface area contributed by atoms with Crippen LogP contribution in [0.2, 0.25) is 0 Å². The molecule has 4 nitrogen and oxygen atoms in total. The standard InChI is InChI=1S/C15H27BrN4/c1-17-14(13-12(16)11-18-20(13)4)15(19(2)3)9-7-5-6-8-10-15/h11,14,17H,5-10H2,1-4H3. The summed E-state index contributed by atoms with van der Waals surface area (Å²) in [5.74, 6) is 0. The minimum Gasteiger partial charge on any atom is -0.310 e. The molecule has 1 aromatic rings. The second-order valence-corrected chi connectivity index (χ2v) is 6.99. The topological polar surface area (TPSA) is 33.1 Å². The second kappa shape index (κ2) is 6.58. The molecule has 1 aromatic heterocycles. The number of likely N-dealkylation sites (N-methyl/N-ethyl adjacent to an activating group) is 2. The number of hydrogen-bond acceptors (Lipinski definition) is 3. The molecule has 1 atom stereocenters. The average Bonchev–Trinajstić information content (AvgIpc) is 2.65. The molecule has 1 heterocycles. The van der Waals surface area contributed by atoms with Gasteiger partial charge in [-0.1, -0.05) is 25.7 Å². The number of hydrogen-bond donors (Lipinski definition) is 1. The largest absolute Gasteiger partial charge is 0.310 e. The van der Waals surface area contributed by atoms with Gasteiger partial charge in [-0.05, 0) is 49.9 Å². The third-order valence-corrected chi connectivity index (χ3v) is 5.51. The Labute approximate surface area is 131 Å². The summed E-state index contributed by atoms with van der Waals surface area (Å²) in [5, 5.41) is 7.98. The molecule has 0 radical (unpaired) electrons. The summed E-state index contributed by atoms with van der Waals surface area (Å²) >= 11 is 3.68. The van der Waals surface area contributed by atoms with Crippen LogP contribution in [0.3, 0.4) is 0 Å². The minimum absolute atomic E-state index is 0.168. The summed E-state index contributed by atoms with van der Waals surface area (Å²) in [5.41, 5.74) is 1.42. The van der Waals surface area contributed by atoms with E-state index >= 15 is 0 Å². The lowest BCUT2D eigenvalue weighted by atomic mass is 9.79. The van der Waals surface area contributed by atoms with Crippen LogP contribution in [0, 0.1) is 0 Å². The summed E-state index contributed by atoms with van der Waals surface area (Å²) in [4.78, 5) is 2.43. The fourth-order valence-electron chi connectivity index (χ4n) is 3.74. The van der Waals surface area contributed by atoms with Gasteiger partial charge in [0, 0.05) is 12.6 Å². The van der Waals surface area contributed by atoms with Gasteiger partial charge >= 0.3 is 0 Å². The van der Waals surface area contributed by atoms with Crippen LogP contribution in [0.25, 0.3) is 0 Å². The van der Waals surface area contributed by atoms with Gasteiger partial charge in [-0.2, -0.15) is 5.10 Å². The van der Waals surface area contributed by atoms with Gasteiger partial charge in [0.1, 0.15) is 0 Å². The molecule has 0 spiro atoms. The van der Waals surface area contributed by atoms with Crippen molar-refractivity contribution in [2.75, 3.05) is 21.1 Å². The van der Waals surface area contributed by atoms with E-state index in [2.05, 4.69) is 52.4 Å². The van der Waals surface area contributed by atoms with Crippen molar-refractivity contribution >= 4 is 15.9 Å². The molecule has 1 unspecified atom stereocenters. The maximum absolute atomic E-state index is 4.41. The minimum atomic E-state index is 0.168. The van der Waals surface area contributed by atoms with Crippen LogP contribution in [0.15, 0.2) is 10.7 Å². The normalized spacial score (nSPS) is 20.9. The molecule has 1 aliphatic rings. The van der Waals surface area contributed by atoms with Gasteiger partial charge in [-0.3, -0.25) is 4.68 Å². The van der Waals surface area contributed by atoms with E-state index in [0.717, 1.165) is 4.47 Å². The maximum atomic E-state index is 4.41. The van der Waals surface area contributed by atoms with Crippen molar-refractivity contribution in [1.82, 2.24) is 20.0 Å². The second-order valence-electron chi connectivity index (χ2n) is 6.14. The summed E-state index contributed by atoms with van der Waals surface area (Å²) in [7, 11) is 8.55. The van der Waals surface area contributed by atoms with Crippen LogP contribution >= 0.6 is 15.9 Å². The zero-order valence-corrected chi connectivity index (χ0v) is 14.7. The highest BCUT2D eigenvalue weighted by Crippen LogP contribution is 2.42. The maximum Gasteiger partial charge on any atom is 0.0711 e. The van der Waals surface area contributed by atoms with Gasteiger partial charge < -0.3 is 10.2 Å². The molecule has 0 aliphatic heterocycles. The van der Waals surface area contributed by atoms with Crippen molar-refractivity contribution in [3.63, 3.8) is 0 Å². The first-order valence-corrected chi connectivity index (χ1v) is 8.34. The molecular weight excluding hydrogens is 316 g/mol. The van der Waals surface area contributed by atoms with E-state index in [1.54, 1.807) is 0 Å². The predicted molar refractivity (Wildman–Crippen MR) is 86.8 cm³/mol. The molecule has 0 saturated heterocycles. The van der Waals surface area contributed by atoms with E-state index in [-0.39, 0.29) is 11.6 Å². The number of halogens is 1. The van der Waals surface area contributed by atoms with E-state index in [9.17, 15) is 0 Å². The predicted octanol–water partition coefficient (Wildman–Crippen LogP) is 3.10. The fourth-order valence-corrected chi connectivity index (χ4v) is 4.32. The van der Waals surface area contributed by atoms with Gasteiger partial charge in [0.25, 0.3) is 0 Å². The van der Waals surface area contributed by atoms with Crippen molar-refractivity contribution in [2.45, 2.75) is 50.1 Å². The Hall–Kier alpha value is -0.390. The Morgan fingerprint density at radius 1 is 1.30 bits per heavy atom. The quantitative estimate of drug-likeness (QED) is 0.853. The van der Waals surface area contributed by atoms with Crippen molar-refractivity contribution in [3.8, 4) is 0 Å². The highest BCUT2D eigenvalue weighted by atomic mass is 79.9. The Kier molecular flexibility index (Phi) is 5.26. The molecule has 114 valence electrons. The van der Waals surface area contributed by atoms with Crippen LogP contribution in [-0.4, -0.2) is 41.4 Å². The Bertz CT molecular complexity index is 414. The van der Waals surface area contributed by atoms with Crippen molar-refractivity contribution < 1.29 is 0 Å². The zero-order chi connectivity index (χ0) is 14.8. The summed E-state index contributed by atoms with van der Waals surface area (Å²) in [6.07, 6.45) is 9.72. The SMILES string of the molecule is CNC(c1c(Br)cnn1C)C1(N(C)C)CCCCCC1. The van der Waals surface area contributed by atoms with Crippen LogP contribution in [0.5, 0.6) is 0 Å². The van der Waals surface area contributed by atoms with Crippen LogP contribution in [0.4, 0.5) is 0 Å². The molecule has 0 amide bonds. The van der Waals surface area contributed by atoms with Gasteiger partial charge in [-0.15, -0.1) is 0 Å². The first kappa shape index (κ1) is 16.0. The molecule has 20 heavy (non-hydrogen) atoms. The molecule has 1 N–H and O–H groups in total. The third-order valence-electron chi connectivity index (χ3n) is 4.90. The van der Waals surface area contributed by atoms with Crippen LogP contribution in [0.1, 0.15) is 50.3 Å². The smallest absolute Gasteiger partial charge is 0.0711 e. The number of nitrogens with one attached hydrogen (secondary N) is 1. The summed E-state index contributed by atoms with van der Waals surface area (Å²) in [6, 6.07) is 0.289. The third kappa shape index (κ3) is 2.81. The van der Waals surface area contributed by atoms with E-state index < -0.39 is 0 Å². The number of aromatic nitrogens is 2. The van der Waals surface area contributed by atoms with Crippen LogP contribution in [-0.2, 0) is 7.05 Å². The van der Waals surface area contributed by atoms with E-state index in [4.69, 9.17) is 0 Å². The molecule has 5 heteroatoms. The number of nitrogens with zero attached hydrogens (tertiary/aromatic N) is 3. The highest BCUT2D eigenvalue weighted by Gasteiger charge is 2.43. The number of rotatable bonds is 4. The molecule has 0 bridgehead atoms. The van der Waals surface area contributed by atoms with Gasteiger partial charge in [0.15, 0.2) is 0 Å². The van der Waals surface area contributed by atoms with Gasteiger partial charge in [0.05, 0.1) is 22.4 Å². The highest BCUT2D eigenvalue weighted by molar-refractivity contribution is 9.10. The zero-order valence-electron chi connectivity index (χ0n) is 13.1. The van der Waals surface area contributed by atoms with E-state index in [1.807, 2.05) is 17.9 Å². The lowest BCUT2D eigenvalue weighted by molar-refractivity contribution is 0.0797. The fraction of sp³-hybridized carbons (Fsp3) is 0.800. The molecule has 1 saturated carbocycles. The molecule has 1 fully saturated rings. The lowest BCUT2D eigenvalue weighted by Gasteiger charge is -2.46. The Morgan fingerprint density at radius 2 is 1.90 bits per heavy atom. The van der Waals surface area contributed by atoms with Crippen molar-refractivity contribution in [1.29, 1.82) is 0 Å². The van der Waals surface area contributed by atoms with Crippen molar-refractivity contribution in [2.24, 2.45) is 7.05 Å². The number of aryl methyl sites for hydroxylation is 1. The van der Waals surface area contributed by atoms with E-state index in [1.165, 1.54) is 44.2 Å². The molecule has 2 rings (SSSR count). The molecular formula is C15H27BrN4. The van der Waals surface area contributed by atoms with Gasteiger partial charge in [0.2, 0.25) is 0 Å². The van der Waals surface area contributed by atoms with E-state index in [0.29, 0.717) is 0 Å². The Morgan fingerprint density at radius 3 is 2.30 bits per heavy atom. The Balaban J connectivity index is 2.44. The molecule has 0 aromatic carbocycles. The first-order valence-electron chi connectivity index (χ1n) is 7.55. The van der Waals surface area contributed by atoms with Gasteiger partial charge in [-0.25, -0.2) is 0 Å². The molecule has 1 aliphatic carbocycles. The van der Waals surface area contributed by atoms with Crippen LogP contribution < -0.4 is 5.32 Å². The average molecular weight is 343 g/mol. The first-order chi connectivity index (χ1) is 9.53. The van der Waals surface area contributed by atoms with Crippen molar-refractivity contribution in [3.05, 3.63) is 16.4 Å². The summed E-state index contributed by atoms with van der Waals surface area (Å²) in [6.45, 7) is 0. The lowest BCUT2D eigenvalue weighted by Crippen LogP contribution is -2.53.